The van der Waals surface area contributed by atoms with Crippen LogP contribution in [-0.4, -0.2) is 34.9 Å². The van der Waals surface area contributed by atoms with E-state index >= 15 is 0 Å². The minimum atomic E-state index is -0.398. The van der Waals surface area contributed by atoms with Crippen LogP contribution >= 0.6 is 12.6 Å². The Kier molecular flexibility index (Phi) is 4.32. The van der Waals surface area contributed by atoms with Crippen molar-refractivity contribution in [2.24, 2.45) is 0 Å². The number of hydrogen-bond donors (Lipinski definition) is 1. The summed E-state index contributed by atoms with van der Waals surface area (Å²) >= 11 is 4.21. The Morgan fingerprint density at radius 2 is 2.20 bits per heavy atom. The Labute approximate surface area is 97.6 Å². The molecule has 1 fully saturated rings. The molecule has 88 valence electrons. The van der Waals surface area contributed by atoms with E-state index in [4.69, 9.17) is 4.74 Å². The molecule has 0 aromatic heterocycles. The van der Waals surface area contributed by atoms with Gasteiger partial charge in [-0.2, -0.15) is 12.6 Å². The van der Waals surface area contributed by atoms with Crippen LogP contribution in [0.1, 0.15) is 40.0 Å². The first kappa shape index (κ1) is 12.7. The number of rotatable bonds is 2. The van der Waals surface area contributed by atoms with Gasteiger partial charge in [-0.25, -0.2) is 4.79 Å². The van der Waals surface area contributed by atoms with Gasteiger partial charge < -0.3 is 9.64 Å². The molecule has 1 heterocycles. The fourth-order valence-electron chi connectivity index (χ4n) is 1.85. The molecule has 0 spiro atoms. The van der Waals surface area contributed by atoms with Gasteiger partial charge in [0.05, 0.1) is 0 Å². The zero-order valence-corrected chi connectivity index (χ0v) is 10.7. The molecule has 1 aliphatic rings. The summed E-state index contributed by atoms with van der Waals surface area (Å²) in [5, 5.41) is 0. The second kappa shape index (κ2) is 5.10. The average molecular weight is 231 g/mol. The third kappa shape index (κ3) is 3.93. The minimum absolute atomic E-state index is 0.174. The summed E-state index contributed by atoms with van der Waals surface area (Å²) in [4.78, 5) is 13.7. The summed E-state index contributed by atoms with van der Waals surface area (Å²) in [5.74, 6) is 0.823. The van der Waals surface area contributed by atoms with Crippen LogP contribution in [0.15, 0.2) is 0 Å². The maximum absolute atomic E-state index is 11.8. The van der Waals surface area contributed by atoms with Gasteiger partial charge in [-0.3, -0.25) is 0 Å². The van der Waals surface area contributed by atoms with Crippen molar-refractivity contribution < 1.29 is 9.53 Å². The van der Waals surface area contributed by atoms with Crippen molar-refractivity contribution >= 4 is 18.7 Å². The standard InChI is InChI=1S/C11H21NO2S/c1-11(2,3)14-10(13)12-7-4-5-9(12)6-8-15/h9,15H,4-8H2,1-3H3. The van der Waals surface area contributed by atoms with Crippen molar-refractivity contribution in [2.75, 3.05) is 12.3 Å². The number of thiol groups is 1. The van der Waals surface area contributed by atoms with Gasteiger partial charge in [0.1, 0.15) is 5.60 Å². The number of carbonyl (C=O) groups is 1. The highest BCUT2D eigenvalue weighted by Gasteiger charge is 2.31. The molecular weight excluding hydrogens is 210 g/mol. The van der Waals surface area contributed by atoms with E-state index in [1.165, 1.54) is 0 Å². The van der Waals surface area contributed by atoms with Crippen LogP contribution in [0.2, 0.25) is 0 Å². The summed E-state index contributed by atoms with van der Waals surface area (Å²) in [6, 6.07) is 0.331. The first-order valence-electron chi connectivity index (χ1n) is 5.54. The van der Waals surface area contributed by atoms with Crippen molar-refractivity contribution in [3.63, 3.8) is 0 Å². The predicted molar refractivity (Wildman–Crippen MR) is 64.4 cm³/mol. The van der Waals surface area contributed by atoms with Crippen LogP contribution in [0.4, 0.5) is 4.79 Å². The van der Waals surface area contributed by atoms with Crippen molar-refractivity contribution in [1.82, 2.24) is 4.90 Å². The fraction of sp³-hybridized carbons (Fsp3) is 0.909. The highest BCUT2D eigenvalue weighted by molar-refractivity contribution is 7.80. The summed E-state index contributed by atoms with van der Waals surface area (Å²) in [7, 11) is 0. The minimum Gasteiger partial charge on any atom is -0.444 e. The number of nitrogens with zero attached hydrogens (tertiary/aromatic N) is 1. The van der Waals surface area contributed by atoms with Gasteiger partial charge >= 0.3 is 6.09 Å². The molecule has 1 amide bonds. The smallest absolute Gasteiger partial charge is 0.410 e. The second-order valence-electron chi connectivity index (χ2n) is 4.98. The molecule has 3 nitrogen and oxygen atoms in total. The molecule has 1 rings (SSSR count). The Morgan fingerprint density at radius 3 is 2.73 bits per heavy atom. The average Bonchev–Trinajstić information content (AvgIpc) is 2.49. The largest absolute Gasteiger partial charge is 0.444 e. The maximum Gasteiger partial charge on any atom is 0.410 e. The van der Waals surface area contributed by atoms with E-state index in [1.807, 2.05) is 25.7 Å². The molecule has 0 saturated carbocycles. The van der Waals surface area contributed by atoms with Crippen molar-refractivity contribution in [1.29, 1.82) is 0 Å². The van der Waals surface area contributed by atoms with Gasteiger partial charge in [-0.15, -0.1) is 0 Å². The molecule has 4 heteroatoms. The van der Waals surface area contributed by atoms with Gasteiger partial charge in [-0.1, -0.05) is 0 Å². The molecule has 1 aliphatic heterocycles. The molecule has 0 radical (unpaired) electrons. The van der Waals surface area contributed by atoms with Crippen LogP contribution < -0.4 is 0 Å². The first-order chi connectivity index (χ1) is 6.94. The molecule has 0 aromatic carbocycles. The number of amides is 1. The maximum atomic E-state index is 11.8. The topological polar surface area (TPSA) is 29.5 Å². The number of hydrogen-bond acceptors (Lipinski definition) is 3. The number of likely N-dealkylation sites (tertiary alicyclic amines) is 1. The lowest BCUT2D eigenvalue weighted by Gasteiger charge is -2.28. The van der Waals surface area contributed by atoms with Crippen LogP contribution in [0, 0.1) is 0 Å². The van der Waals surface area contributed by atoms with Gasteiger partial charge in [-0.05, 0) is 45.8 Å². The van der Waals surface area contributed by atoms with Crippen molar-refractivity contribution in [2.45, 2.75) is 51.7 Å². The van der Waals surface area contributed by atoms with Crippen molar-refractivity contribution in [3.8, 4) is 0 Å². The summed E-state index contributed by atoms with van der Waals surface area (Å²) in [6.45, 7) is 6.52. The Bertz CT molecular complexity index is 225. The molecule has 0 bridgehead atoms. The second-order valence-corrected chi connectivity index (χ2v) is 5.43. The van der Waals surface area contributed by atoms with Gasteiger partial charge in [0, 0.05) is 12.6 Å². The van der Waals surface area contributed by atoms with E-state index in [0.717, 1.165) is 31.6 Å². The van der Waals surface area contributed by atoms with Crippen LogP contribution in [0.5, 0.6) is 0 Å². The van der Waals surface area contributed by atoms with Gasteiger partial charge in [0.2, 0.25) is 0 Å². The molecule has 0 N–H and O–H groups in total. The highest BCUT2D eigenvalue weighted by Crippen LogP contribution is 2.23. The fourth-order valence-corrected chi connectivity index (χ4v) is 2.14. The van der Waals surface area contributed by atoms with E-state index in [9.17, 15) is 4.79 Å². The van der Waals surface area contributed by atoms with E-state index < -0.39 is 5.60 Å². The number of ether oxygens (including phenoxy) is 1. The van der Waals surface area contributed by atoms with Gasteiger partial charge in [0.25, 0.3) is 0 Å². The summed E-state index contributed by atoms with van der Waals surface area (Å²) in [6.07, 6.45) is 2.95. The van der Waals surface area contributed by atoms with Crippen LogP contribution in [0.25, 0.3) is 0 Å². The third-order valence-electron chi connectivity index (χ3n) is 2.47. The first-order valence-corrected chi connectivity index (χ1v) is 6.18. The lowest BCUT2D eigenvalue weighted by Crippen LogP contribution is -2.39. The molecule has 0 aliphatic carbocycles. The summed E-state index contributed by atoms with van der Waals surface area (Å²) < 4.78 is 5.36. The van der Waals surface area contributed by atoms with Crippen LogP contribution in [0.3, 0.4) is 0 Å². The lowest BCUT2D eigenvalue weighted by atomic mass is 10.2. The van der Waals surface area contributed by atoms with E-state index in [0.29, 0.717) is 6.04 Å². The molecule has 15 heavy (non-hydrogen) atoms. The Hall–Kier alpha value is -0.380. The molecule has 1 unspecified atom stereocenters. The molecule has 1 atom stereocenters. The third-order valence-corrected chi connectivity index (χ3v) is 2.73. The zero-order valence-electron chi connectivity index (χ0n) is 9.82. The van der Waals surface area contributed by atoms with Gasteiger partial charge in [0.15, 0.2) is 0 Å². The van der Waals surface area contributed by atoms with E-state index in [1.54, 1.807) is 0 Å². The quantitative estimate of drug-likeness (QED) is 0.740. The Balaban J connectivity index is 2.51. The van der Waals surface area contributed by atoms with Crippen molar-refractivity contribution in [3.05, 3.63) is 0 Å². The van der Waals surface area contributed by atoms with Crippen LogP contribution in [-0.2, 0) is 4.74 Å². The predicted octanol–water partition coefficient (Wildman–Crippen LogP) is 2.71. The van der Waals surface area contributed by atoms with E-state index in [-0.39, 0.29) is 6.09 Å². The number of carbonyl (C=O) groups excluding carboxylic acids is 1. The molecule has 0 aromatic rings. The zero-order chi connectivity index (χ0) is 11.5. The monoisotopic (exact) mass is 231 g/mol. The SMILES string of the molecule is CC(C)(C)OC(=O)N1CCCC1CCS. The normalized spacial score (nSPS) is 21.9. The summed E-state index contributed by atoms with van der Waals surface area (Å²) in [5.41, 5.74) is -0.398. The Morgan fingerprint density at radius 1 is 1.53 bits per heavy atom. The van der Waals surface area contributed by atoms with E-state index in [2.05, 4.69) is 12.6 Å². The highest BCUT2D eigenvalue weighted by atomic mass is 32.1. The molecule has 1 saturated heterocycles. The molecular formula is C11H21NO2S. The lowest BCUT2D eigenvalue weighted by molar-refractivity contribution is 0.0224.